The molecule has 0 aromatic rings. The number of carbonyl (C=O) groups excluding carboxylic acids is 1. The minimum Gasteiger partial charge on any atom is -0.339 e. The van der Waals surface area contributed by atoms with Gasteiger partial charge in [0, 0.05) is 39.3 Å². The van der Waals surface area contributed by atoms with Crippen LogP contribution in [0.3, 0.4) is 0 Å². The lowest BCUT2D eigenvalue weighted by Gasteiger charge is -2.37. The van der Waals surface area contributed by atoms with Gasteiger partial charge < -0.3 is 9.80 Å². The average molecular weight is 691 g/mol. The minimum absolute atomic E-state index is 0.380. The molecule has 1 amide bonds. The molecule has 49 heavy (non-hydrogen) atoms. The third kappa shape index (κ3) is 28.6. The maximum absolute atomic E-state index is 13.5. The fraction of sp³-hybridized carbons (Fsp3) is 0.977. The van der Waals surface area contributed by atoms with Crippen LogP contribution in [0, 0.1) is 0 Å². The van der Waals surface area contributed by atoms with Gasteiger partial charge in [0.15, 0.2) is 0 Å². The molecular formula is C44H90N4O. The molecule has 1 heterocycles. The van der Waals surface area contributed by atoms with Crippen molar-refractivity contribution in [1.82, 2.24) is 19.6 Å². The van der Waals surface area contributed by atoms with Crippen molar-refractivity contribution in [3.63, 3.8) is 0 Å². The zero-order chi connectivity index (χ0) is 35.5. The van der Waals surface area contributed by atoms with Gasteiger partial charge in [-0.25, -0.2) is 0 Å². The van der Waals surface area contributed by atoms with E-state index in [4.69, 9.17) is 0 Å². The molecule has 0 radical (unpaired) electrons. The lowest BCUT2D eigenvalue weighted by Crippen LogP contribution is -2.52. The van der Waals surface area contributed by atoms with Gasteiger partial charge in [-0.05, 0) is 51.9 Å². The number of amides is 1. The van der Waals surface area contributed by atoms with Crippen LogP contribution >= 0.6 is 0 Å². The van der Waals surface area contributed by atoms with Crippen molar-refractivity contribution >= 4 is 5.91 Å². The first-order chi connectivity index (χ1) is 24.1. The minimum atomic E-state index is 0.380. The molecule has 0 spiro atoms. The van der Waals surface area contributed by atoms with Crippen LogP contribution < -0.4 is 0 Å². The Morgan fingerprint density at radius 2 is 0.694 bits per heavy atom. The Labute approximate surface area is 309 Å². The van der Waals surface area contributed by atoms with Gasteiger partial charge in [0.05, 0.1) is 6.54 Å². The molecular weight excluding hydrogens is 601 g/mol. The summed E-state index contributed by atoms with van der Waals surface area (Å²) in [5.74, 6) is 0.380. The third-order valence-corrected chi connectivity index (χ3v) is 11.1. The van der Waals surface area contributed by atoms with Crippen molar-refractivity contribution in [1.29, 1.82) is 0 Å². The molecule has 5 nitrogen and oxygen atoms in total. The van der Waals surface area contributed by atoms with Gasteiger partial charge in [0.25, 0.3) is 0 Å². The highest BCUT2D eigenvalue weighted by Crippen LogP contribution is 2.13. The van der Waals surface area contributed by atoms with Crippen LogP contribution in [0.4, 0.5) is 0 Å². The summed E-state index contributed by atoms with van der Waals surface area (Å²) in [6.07, 6.45) is 38.3. The summed E-state index contributed by atoms with van der Waals surface area (Å²) in [6.45, 7) is 20.9. The molecule has 0 aromatic heterocycles. The standard InChI is InChI=1S/C44H90N4O/c1-5-9-13-17-21-25-29-33-45(34-30-26-22-18-14-10-6-2)37-38-46-39-41-48(42-40-46)44(49)43-47(35-31-27-23-19-15-11-7-3)36-32-28-24-20-16-12-8-4/h5-43H2,1-4H3. The summed E-state index contributed by atoms with van der Waals surface area (Å²) in [4.78, 5) is 23.6. The Balaban J connectivity index is 2.45. The Kier molecular flexibility index (Phi) is 33.8. The first kappa shape index (κ1) is 46.4. The fourth-order valence-corrected chi connectivity index (χ4v) is 7.57. The normalized spacial score (nSPS) is 14.1. The molecule has 1 aliphatic rings. The van der Waals surface area contributed by atoms with Gasteiger partial charge in [0.1, 0.15) is 0 Å². The van der Waals surface area contributed by atoms with Gasteiger partial charge in [-0.1, -0.05) is 182 Å². The largest absolute Gasteiger partial charge is 0.339 e. The second kappa shape index (κ2) is 35.7. The molecule has 0 N–H and O–H groups in total. The summed E-state index contributed by atoms with van der Waals surface area (Å²) >= 11 is 0. The molecule has 0 bridgehead atoms. The summed E-state index contributed by atoms with van der Waals surface area (Å²) in [5.41, 5.74) is 0. The highest BCUT2D eigenvalue weighted by molar-refractivity contribution is 5.78. The van der Waals surface area contributed by atoms with Crippen LogP contribution in [0.25, 0.3) is 0 Å². The number of nitrogens with zero attached hydrogens (tertiary/aromatic N) is 4. The van der Waals surface area contributed by atoms with E-state index in [2.05, 4.69) is 47.3 Å². The van der Waals surface area contributed by atoms with E-state index in [0.717, 1.165) is 45.8 Å². The summed E-state index contributed by atoms with van der Waals surface area (Å²) in [6, 6.07) is 0. The first-order valence-corrected chi connectivity index (χ1v) is 22.6. The van der Waals surface area contributed by atoms with Gasteiger partial charge >= 0.3 is 0 Å². The van der Waals surface area contributed by atoms with E-state index < -0.39 is 0 Å². The first-order valence-electron chi connectivity index (χ1n) is 22.6. The van der Waals surface area contributed by atoms with Gasteiger partial charge in [0.2, 0.25) is 5.91 Å². The smallest absolute Gasteiger partial charge is 0.236 e. The Morgan fingerprint density at radius 1 is 0.388 bits per heavy atom. The Bertz CT molecular complexity index is 644. The van der Waals surface area contributed by atoms with Crippen LogP contribution in [0.1, 0.15) is 207 Å². The molecule has 5 heteroatoms. The van der Waals surface area contributed by atoms with E-state index in [1.54, 1.807) is 0 Å². The molecule has 0 atom stereocenters. The second-order valence-corrected chi connectivity index (χ2v) is 15.8. The third-order valence-electron chi connectivity index (χ3n) is 11.1. The van der Waals surface area contributed by atoms with Crippen molar-refractivity contribution in [2.75, 3.05) is 72.0 Å². The molecule has 0 saturated carbocycles. The maximum Gasteiger partial charge on any atom is 0.236 e. The van der Waals surface area contributed by atoms with Crippen molar-refractivity contribution in [2.24, 2.45) is 0 Å². The summed E-state index contributed by atoms with van der Waals surface area (Å²) < 4.78 is 0. The zero-order valence-electron chi connectivity index (χ0n) is 34.3. The average Bonchev–Trinajstić information content (AvgIpc) is 3.11. The molecule has 1 rings (SSSR count). The molecule has 0 aromatic carbocycles. The van der Waals surface area contributed by atoms with Crippen LogP contribution in [-0.4, -0.2) is 97.5 Å². The SMILES string of the molecule is CCCCCCCCCN(CCCCCCCCC)CCN1CCN(C(=O)CN(CCCCCCCCC)CCCCCCCCC)CC1. The molecule has 1 aliphatic heterocycles. The topological polar surface area (TPSA) is 30.0 Å². The van der Waals surface area contributed by atoms with E-state index in [0.29, 0.717) is 12.5 Å². The van der Waals surface area contributed by atoms with Crippen molar-refractivity contribution in [3.8, 4) is 0 Å². The van der Waals surface area contributed by atoms with Crippen molar-refractivity contribution in [2.45, 2.75) is 207 Å². The molecule has 292 valence electrons. The quantitative estimate of drug-likeness (QED) is 0.0607. The number of hydrogen-bond acceptors (Lipinski definition) is 4. The van der Waals surface area contributed by atoms with Crippen molar-refractivity contribution < 1.29 is 4.79 Å². The van der Waals surface area contributed by atoms with Crippen LogP contribution in [0.5, 0.6) is 0 Å². The molecule has 0 aliphatic carbocycles. The lowest BCUT2D eigenvalue weighted by atomic mass is 10.1. The van der Waals surface area contributed by atoms with Crippen LogP contribution in [-0.2, 0) is 4.79 Å². The number of carbonyl (C=O) groups is 1. The summed E-state index contributed by atoms with van der Waals surface area (Å²) in [7, 11) is 0. The second-order valence-electron chi connectivity index (χ2n) is 15.8. The maximum atomic E-state index is 13.5. The predicted molar refractivity (Wildman–Crippen MR) is 218 cm³/mol. The number of piperazine rings is 1. The number of rotatable bonds is 37. The lowest BCUT2D eigenvalue weighted by molar-refractivity contribution is -0.134. The van der Waals surface area contributed by atoms with E-state index in [1.165, 1.54) is 199 Å². The monoisotopic (exact) mass is 691 g/mol. The van der Waals surface area contributed by atoms with Crippen molar-refractivity contribution in [3.05, 3.63) is 0 Å². The highest BCUT2D eigenvalue weighted by Gasteiger charge is 2.23. The van der Waals surface area contributed by atoms with E-state index in [9.17, 15) is 4.79 Å². The zero-order valence-corrected chi connectivity index (χ0v) is 34.3. The van der Waals surface area contributed by atoms with E-state index in [1.807, 2.05) is 0 Å². The van der Waals surface area contributed by atoms with Gasteiger partial charge in [-0.15, -0.1) is 0 Å². The molecule has 1 saturated heterocycles. The van der Waals surface area contributed by atoms with E-state index >= 15 is 0 Å². The van der Waals surface area contributed by atoms with Gasteiger partial charge in [-0.2, -0.15) is 0 Å². The van der Waals surface area contributed by atoms with Crippen LogP contribution in [0.2, 0.25) is 0 Å². The predicted octanol–water partition coefficient (Wildman–Crippen LogP) is 11.7. The number of unbranched alkanes of at least 4 members (excludes halogenated alkanes) is 24. The Hall–Kier alpha value is -0.650. The van der Waals surface area contributed by atoms with Crippen LogP contribution in [0.15, 0.2) is 0 Å². The summed E-state index contributed by atoms with van der Waals surface area (Å²) in [5, 5.41) is 0. The number of hydrogen-bond donors (Lipinski definition) is 0. The highest BCUT2D eigenvalue weighted by atomic mass is 16.2. The van der Waals surface area contributed by atoms with E-state index in [-0.39, 0.29) is 0 Å². The molecule has 0 unspecified atom stereocenters. The Morgan fingerprint density at radius 3 is 1.04 bits per heavy atom. The molecule has 1 fully saturated rings. The van der Waals surface area contributed by atoms with Gasteiger partial charge in [-0.3, -0.25) is 14.6 Å². The fourth-order valence-electron chi connectivity index (χ4n) is 7.57.